The smallest absolute Gasteiger partial charge is 0.241 e. The first-order valence-electron chi connectivity index (χ1n) is 7.33. The molecule has 0 aromatic carbocycles. The summed E-state index contributed by atoms with van der Waals surface area (Å²) in [6.07, 6.45) is 4.62. The van der Waals surface area contributed by atoms with Gasteiger partial charge in [0.25, 0.3) is 0 Å². The molecule has 2 saturated heterocycles. The van der Waals surface area contributed by atoms with Crippen LogP contribution < -0.4 is 5.32 Å². The van der Waals surface area contributed by atoms with E-state index in [1.54, 1.807) is 0 Å². The van der Waals surface area contributed by atoms with Crippen LogP contribution in [0.25, 0.3) is 0 Å². The fourth-order valence-electron chi connectivity index (χ4n) is 3.25. The van der Waals surface area contributed by atoms with E-state index < -0.39 is 16.1 Å². The summed E-state index contributed by atoms with van der Waals surface area (Å²) in [5, 5.41) is 3.14. The van der Waals surface area contributed by atoms with Crippen molar-refractivity contribution in [2.45, 2.75) is 31.7 Å². The average Bonchev–Trinajstić information content (AvgIpc) is 2.86. The molecule has 0 aromatic heterocycles. The number of likely N-dealkylation sites (tertiary alicyclic amines) is 1. The summed E-state index contributed by atoms with van der Waals surface area (Å²) in [5.74, 6) is 0.480. The van der Waals surface area contributed by atoms with Crippen LogP contribution in [-0.4, -0.2) is 69.1 Å². The molecule has 0 radical (unpaired) electrons. The standard InChI is InChI=1S/C13H25N3O3S/c1-14-9-11-6-8-15(10-11)13(17)12-5-3-4-7-16(12)20(2,18)19/h11-12,14H,3-10H2,1-2H3/t11-,12-/m1/s1. The van der Waals surface area contributed by atoms with Crippen molar-refractivity contribution in [1.29, 1.82) is 0 Å². The Hall–Kier alpha value is -0.660. The second-order valence-corrected chi connectivity index (χ2v) is 7.82. The molecule has 7 heteroatoms. The van der Waals surface area contributed by atoms with Gasteiger partial charge in [0.1, 0.15) is 6.04 Å². The number of nitrogens with zero attached hydrogens (tertiary/aromatic N) is 2. The third kappa shape index (κ3) is 3.51. The molecule has 0 unspecified atom stereocenters. The molecule has 0 bridgehead atoms. The lowest BCUT2D eigenvalue weighted by molar-refractivity contribution is -0.135. The molecule has 2 heterocycles. The lowest BCUT2D eigenvalue weighted by atomic mass is 10.0. The highest BCUT2D eigenvalue weighted by atomic mass is 32.2. The molecule has 116 valence electrons. The van der Waals surface area contributed by atoms with Crippen LogP contribution in [0.5, 0.6) is 0 Å². The largest absolute Gasteiger partial charge is 0.341 e. The fraction of sp³-hybridized carbons (Fsp3) is 0.923. The summed E-state index contributed by atoms with van der Waals surface area (Å²) in [4.78, 5) is 14.5. The summed E-state index contributed by atoms with van der Waals surface area (Å²) in [6, 6.07) is -0.480. The minimum absolute atomic E-state index is 0.00581. The van der Waals surface area contributed by atoms with Crippen molar-refractivity contribution < 1.29 is 13.2 Å². The number of carbonyl (C=O) groups is 1. The Labute approximate surface area is 121 Å². The van der Waals surface area contributed by atoms with Gasteiger partial charge < -0.3 is 10.2 Å². The number of nitrogens with one attached hydrogen (secondary N) is 1. The van der Waals surface area contributed by atoms with E-state index >= 15 is 0 Å². The molecule has 0 spiro atoms. The van der Waals surface area contributed by atoms with Crippen LogP contribution in [0.4, 0.5) is 0 Å². The molecule has 1 N–H and O–H groups in total. The van der Waals surface area contributed by atoms with Crippen LogP contribution in [0.3, 0.4) is 0 Å². The molecule has 1 amide bonds. The molecular weight excluding hydrogens is 278 g/mol. The molecule has 20 heavy (non-hydrogen) atoms. The van der Waals surface area contributed by atoms with E-state index in [-0.39, 0.29) is 5.91 Å². The number of hydrogen-bond donors (Lipinski definition) is 1. The molecule has 2 aliphatic heterocycles. The lowest BCUT2D eigenvalue weighted by Crippen LogP contribution is -2.52. The Bertz CT molecular complexity index is 452. The zero-order valence-corrected chi connectivity index (χ0v) is 13.2. The highest BCUT2D eigenvalue weighted by molar-refractivity contribution is 7.88. The normalized spacial score (nSPS) is 28.8. The van der Waals surface area contributed by atoms with Crippen molar-refractivity contribution in [1.82, 2.24) is 14.5 Å². The second kappa shape index (κ2) is 6.41. The minimum Gasteiger partial charge on any atom is -0.341 e. The predicted octanol–water partition coefficient (Wildman–Crippen LogP) is -0.132. The zero-order chi connectivity index (χ0) is 14.8. The number of carbonyl (C=O) groups excluding carboxylic acids is 1. The Morgan fingerprint density at radius 1 is 1.25 bits per heavy atom. The van der Waals surface area contributed by atoms with Gasteiger partial charge in [-0.1, -0.05) is 6.42 Å². The van der Waals surface area contributed by atoms with Gasteiger partial charge in [0.05, 0.1) is 6.26 Å². The molecule has 6 nitrogen and oxygen atoms in total. The summed E-state index contributed by atoms with van der Waals surface area (Å²) in [7, 11) is -1.39. The maximum atomic E-state index is 12.6. The Kier molecular flexibility index (Phi) is 5.04. The van der Waals surface area contributed by atoms with Gasteiger partial charge in [0.2, 0.25) is 15.9 Å². The first-order valence-corrected chi connectivity index (χ1v) is 9.18. The van der Waals surface area contributed by atoms with Crippen molar-refractivity contribution in [3.8, 4) is 0 Å². The van der Waals surface area contributed by atoms with Gasteiger partial charge in [-0.25, -0.2) is 8.42 Å². The summed E-state index contributed by atoms with van der Waals surface area (Å²) < 4.78 is 25.0. The van der Waals surface area contributed by atoms with Gasteiger partial charge in [-0.3, -0.25) is 4.79 Å². The fourth-order valence-corrected chi connectivity index (χ4v) is 4.37. The van der Waals surface area contributed by atoms with Crippen LogP contribution >= 0.6 is 0 Å². The lowest BCUT2D eigenvalue weighted by Gasteiger charge is -2.35. The Morgan fingerprint density at radius 2 is 2.00 bits per heavy atom. The van der Waals surface area contributed by atoms with E-state index in [0.717, 1.165) is 38.9 Å². The second-order valence-electron chi connectivity index (χ2n) is 5.88. The van der Waals surface area contributed by atoms with E-state index in [0.29, 0.717) is 18.9 Å². The maximum absolute atomic E-state index is 12.6. The van der Waals surface area contributed by atoms with Crippen molar-refractivity contribution in [2.75, 3.05) is 39.5 Å². The van der Waals surface area contributed by atoms with Gasteiger partial charge in [-0.2, -0.15) is 4.31 Å². The molecule has 0 saturated carbocycles. The highest BCUT2D eigenvalue weighted by Gasteiger charge is 2.38. The molecular formula is C13H25N3O3S. The number of piperidine rings is 1. The number of amides is 1. The summed E-state index contributed by atoms with van der Waals surface area (Å²) in [5.41, 5.74) is 0. The summed E-state index contributed by atoms with van der Waals surface area (Å²) >= 11 is 0. The Balaban J connectivity index is 2.04. The molecule has 0 aliphatic carbocycles. The predicted molar refractivity (Wildman–Crippen MR) is 77.8 cm³/mol. The van der Waals surface area contributed by atoms with Gasteiger partial charge in [-0.05, 0) is 38.8 Å². The van der Waals surface area contributed by atoms with Crippen molar-refractivity contribution in [3.05, 3.63) is 0 Å². The molecule has 0 aromatic rings. The van der Waals surface area contributed by atoms with Crippen molar-refractivity contribution in [3.63, 3.8) is 0 Å². The zero-order valence-electron chi connectivity index (χ0n) is 12.3. The number of hydrogen-bond acceptors (Lipinski definition) is 4. The summed E-state index contributed by atoms with van der Waals surface area (Å²) in [6.45, 7) is 2.88. The van der Waals surface area contributed by atoms with E-state index in [1.165, 1.54) is 10.6 Å². The first kappa shape index (κ1) is 15.7. The molecule has 2 atom stereocenters. The van der Waals surface area contributed by atoms with Crippen LogP contribution in [0.2, 0.25) is 0 Å². The van der Waals surface area contributed by atoms with E-state index in [9.17, 15) is 13.2 Å². The quantitative estimate of drug-likeness (QED) is 0.785. The number of rotatable bonds is 4. The minimum atomic E-state index is -3.30. The molecule has 2 rings (SSSR count). The monoisotopic (exact) mass is 303 g/mol. The maximum Gasteiger partial charge on any atom is 0.241 e. The number of sulfonamides is 1. The molecule has 2 fully saturated rings. The van der Waals surface area contributed by atoms with Crippen LogP contribution in [-0.2, 0) is 14.8 Å². The van der Waals surface area contributed by atoms with Gasteiger partial charge in [-0.15, -0.1) is 0 Å². The van der Waals surface area contributed by atoms with Gasteiger partial charge in [0.15, 0.2) is 0 Å². The topological polar surface area (TPSA) is 69.7 Å². The van der Waals surface area contributed by atoms with Gasteiger partial charge >= 0.3 is 0 Å². The average molecular weight is 303 g/mol. The molecule has 2 aliphatic rings. The third-order valence-corrected chi connectivity index (χ3v) is 5.54. The third-order valence-electron chi connectivity index (χ3n) is 4.26. The van der Waals surface area contributed by atoms with E-state index in [1.807, 2.05) is 11.9 Å². The SMILES string of the molecule is CNC[C@H]1CCN(C(=O)[C@H]2CCCCN2S(C)(=O)=O)C1. The van der Waals surface area contributed by atoms with Gasteiger partial charge in [0, 0.05) is 19.6 Å². The Morgan fingerprint density at radius 3 is 2.65 bits per heavy atom. The van der Waals surface area contributed by atoms with Crippen molar-refractivity contribution in [2.24, 2.45) is 5.92 Å². The van der Waals surface area contributed by atoms with E-state index in [2.05, 4.69) is 5.32 Å². The first-order chi connectivity index (χ1) is 9.43. The van der Waals surface area contributed by atoms with Crippen LogP contribution in [0.15, 0.2) is 0 Å². The van der Waals surface area contributed by atoms with Crippen LogP contribution in [0.1, 0.15) is 25.7 Å². The van der Waals surface area contributed by atoms with E-state index in [4.69, 9.17) is 0 Å². The highest BCUT2D eigenvalue weighted by Crippen LogP contribution is 2.24. The van der Waals surface area contributed by atoms with Crippen molar-refractivity contribution >= 4 is 15.9 Å². The van der Waals surface area contributed by atoms with Crippen LogP contribution in [0, 0.1) is 5.92 Å².